The fourth-order valence-corrected chi connectivity index (χ4v) is 0. The zero-order valence-electron chi connectivity index (χ0n) is 1.45. The fourth-order valence-electron chi connectivity index (χ4n) is 0. The van der Waals surface area contributed by atoms with Crippen LogP contribution in [-0.4, -0.2) is 0 Å². The van der Waals surface area contributed by atoms with E-state index in [4.69, 9.17) is 0 Å². The summed E-state index contributed by atoms with van der Waals surface area (Å²) in [5.74, 6) is 0. The molecule has 0 aromatic carbocycles. The molecule has 0 aromatic heterocycles. The summed E-state index contributed by atoms with van der Waals surface area (Å²) in [7, 11) is 0. The second kappa shape index (κ2) is 3.86. The summed E-state index contributed by atoms with van der Waals surface area (Å²) in [5.41, 5.74) is 0. The maximum atomic E-state index is 2.36. The summed E-state index contributed by atoms with van der Waals surface area (Å²) in [6.07, 6.45) is 0. The van der Waals surface area contributed by atoms with E-state index in [0.29, 0.717) is 3.86 Å². The van der Waals surface area contributed by atoms with Crippen LogP contribution in [0.4, 0.5) is 0 Å². The molecule has 0 nitrogen and oxygen atoms in total. The molecule has 0 spiro atoms. The standard InChI is InChI=1S/3HI.Ni/h3*1H;/q;;;+3/p-3. The Bertz CT molecular complexity index is 8.00. The molecule has 0 saturated heterocycles. The van der Waals surface area contributed by atoms with Gasteiger partial charge in [-0.05, 0) is 0 Å². The van der Waals surface area contributed by atoms with Gasteiger partial charge < -0.3 is 0 Å². The minimum atomic E-state index is 0.452. The van der Waals surface area contributed by atoms with Gasteiger partial charge in [0.1, 0.15) is 0 Å². The van der Waals surface area contributed by atoms with Crippen LogP contribution >= 0.6 is 61.5 Å². The van der Waals surface area contributed by atoms with Gasteiger partial charge in [0.05, 0.1) is 0 Å². The van der Waals surface area contributed by atoms with Gasteiger partial charge in [0.15, 0.2) is 0 Å². The molecule has 0 saturated carbocycles. The Morgan fingerprint density at radius 2 is 1.00 bits per heavy atom. The fraction of sp³-hybridized carbons (Fsp3) is 0. The van der Waals surface area contributed by atoms with Crippen molar-refractivity contribution in [2.24, 2.45) is 0 Å². The number of rotatable bonds is 0. The molecule has 0 aliphatic heterocycles. The van der Waals surface area contributed by atoms with Gasteiger partial charge in [0.25, 0.3) is 0 Å². The molecule has 31 valence electrons. The molecule has 0 fully saturated rings. The third kappa shape index (κ3) is 8.82. The van der Waals surface area contributed by atoms with Crippen LogP contribution in [0.3, 0.4) is 0 Å². The average molecular weight is 439 g/mol. The SMILES string of the molecule is [I][Ni]([I])[I]. The van der Waals surface area contributed by atoms with E-state index in [-0.39, 0.29) is 0 Å². The predicted molar refractivity (Wildman–Crippen MR) is 42.1 cm³/mol. The zero-order chi connectivity index (χ0) is 3.58. The van der Waals surface area contributed by atoms with Crippen molar-refractivity contribution in [2.75, 3.05) is 0 Å². The van der Waals surface area contributed by atoms with Crippen molar-refractivity contribution in [3.05, 3.63) is 0 Å². The van der Waals surface area contributed by atoms with Gasteiger partial charge in [-0.2, -0.15) is 0 Å². The Labute approximate surface area is 63.7 Å². The summed E-state index contributed by atoms with van der Waals surface area (Å²) in [5, 5.41) is 0. The van der Waals surface area contributed by atoms with Crippen molar-refractivity contribution in [3.8, 4) is 0 Å². The normalized spacial score (nSPS) is 11.2. The number of hydrogen-bond donors (Lipinski definition) is 0. The molecule has 0 aliphatic carbocycles. The third-order valence-corrected chi connectivity index (χ3v) is 0. The molecule has 0 aromatic rings. The Hall–Kier alpha value is 2.68. The van der Waals surface area contributed by atoms with E-state index in [1.807, 2.05) is 0 Å². The van der Waals surface area contributed by atoms with Crippen LogP contribution in [0.25, 0.3) is 0 Å². The average Bonchev–Trinajstić information content (AvgIpc) is 0.811. The van der Waals surface area contributed by atoms with Gasteiger partial charge in [-0.25, -0.2) is 0 Å². The van der Waals surface area contributed by atoms with E-state index < -0.39 is 0 Å². The maximum absolute atomic E-state index is 2.36. The molecule has 0 aliphatic rings. The molecule has 0 unspecified atom stereocenters. The van der Waals surface area contributed by atoms with Crippen molar-refractivity contribution >= 4 is 61.5 Å². The first-order valence-corrected chi connectivity index (χ1v) is 9.92. The van der Waals surface area contributed by atoms with E-state index in [1.165, 1.54) is 0 Å². The molecule has 0 atom stereocenters. The first-order valence-electron chi connectivity index (χ1n) is 0.359. The summed E-state index contributed by atoms with van der Waals surface area (Å²) in [6, 6.07) is 0. The van der Waals surface area contributed by atoms with E-state index in [2.05, 4.69) is 61.5 Å². The second-order valence-corrected chi connectivity index (χ2v) is 25.1. The Kier molecular flexibility index (Phi) is 6.45. The van der Waals surface area contributed by atoms with Crippen LogP contribution in [0.5, 0.6) is 0 Å². The summed E-state index contributed by atoms with van der Waals surface area (Å²) in [6.45, 7) is 0. The van der Waals surface area contributed by atoms with Gasteiger partial charge in [-0.1, -0.05) is 0 Å². The van der Waals surface area contributed by atoms with E-state index >= 15 is 0 Å². The van der Waals surface area contributed by atoms with Crippen LogP contribution in [0.1, 0.15) is 0 Å². The van der Waals surface area contributed by atoms with Crippen LogP contribution in [0, 0.1) is 0 Å². The Morgan fingerprint density at radius 3 is 1.00 bits per heavy atom. The minimum absolute atomic E-state index is 0.452. The van der Waals surface area contributed by atoms with Gasteiger partial charge in [-0.15, -0.1) is 0 Å². The Balaban J connectivity index is 2.32. The van der Waals surface area contributed by atoms with Gasteiger partial charge >= 0.3 is 65.3 Å². The Morgan fingerprint density at radius 1 is 1.00 bits per heavy atom. The molecule has 4 heteroatoms. The molecule has 0 rings (SSSR count). The molecular formula is I3Ni. The first kappa shape index (κ1) is 6.68. The molecular weight excluding hydrogens is 439 g/mol. The first-order chi connectivity index (χ1) is 1.73. The summed E-state index contributed by atoms with van der Waals surface area (Å²) >= 11 is 7.08. The monoisotopic (exact) mass is 439 g/mol. The molecule has 0 N–H and O–H groups in total. The van der Waals surface area contributed by atoms with Crippen molar-refractivity contribution in [3.63, 3.8) is 0 Å². The second-order valence-electron chi connectivity index (χ2n) is 0.136. The predicted octanol–water partition coefficient (Wildman–Crippen LogP) is 2.65. The van der Waals surface area contributed by atoms with Crippen molar-refractivity contribution < 1.29 is 3.86 Å². The van der Waals surface area contributed by atoms with Crippen LogP contribution < -0.4 is 0 Å². The topological polar surface area (TPSA) is 0 Å². The molecule has 0 radical (unpaired) electrons. The molecule has 4 heavy (non-hydrogen) atoms. The van der Waals surface area contributed by atoms with Crippen LogP contribution in [0.2, 0.25) is 0 Å². The van der Waals surface area contributed by atoms with Gasteiger partial charge in [-0.3, -0.25) is 0 Å². The van der Waals surface area contributed by atoms with Crippen molar-refractivity contribution in [1.82, 2.24) is 0 Å². The summed E-state index contributed by atoms with van der Waals surface area (Å²) in [4.78, 5) is 0. The number of hydrogen-bond acceptors (Lipinski definition) is 0. The zero-order valence-corrected chi connectivity index (χ0v) is 8.91. The molecule has 0 bridgehead atoms. The van der Waals surface area contributed by atoms with Crippen LogP contribution in [0.15, 0.2) is 0 Å². The van der Waals surface area contributed by atoms with Crippen molar-refractivity contribution in [1.29, 1.82) is 0 Å². The molecule has 0 heterocycles. The van der Waals surface area contributed by atoms with E-state index in [0.717, 1.165) is 0 Å². The van der Waals surface area contributed by atoms with E-state index in [9.17, 15) is 0 Å². The number of halogens is 3. The summed E-state index contributed by atoms with van der Waals surface area (Å²) < 4.78 is 0.452. The van der Waals surface area contributed by atoms with Crippen molar-refractivity contribution in [2.45, 2.75) is 0 Å². The van der Waals surface area contributed by atoms with E-state index in [1.54, 1.807) is 0 Å². The van der Waals surface area contributed by atoms with Crippen LogP contribution in [-0.2, 0) is 3.86 Å². The third-order valence-electron chi connectivity index (χ3n) is 0. The van der Waals surface area contributed by atoms with Gasteiger partial charge in [0, 0.05) is 0 Å². The van der Waals surface area contributed by atoms with Gasteiger partial charge in [0.2, 0.25) is 0 Å². The quantitative estimate of drug-likeness (QED) is 0.402. The molecule has 0 amide bonds.